The molecule has 2 N–H and O–H groups in total. The lowest BCUT2D eigenvalue weighted by Gasteiger charge is -2.34. The highest BCUT2D eigenvalue weighted by Gasteiger charge is 2.33. The molecule has 4 aromatic rings. The van der Waals surface area contributed by atoms with Gasteiger partial charge in [-0.25, -0.2) is 5.06 Å². The third-order valence-corrected chi connectivity index (χ3v) is 7.32. The van der Waals surface area contributed by atoms with Gasteiger partial charge in [0.05, 0.1) is 26.4 Å². The van der Waals surface area contributed by atoms with Crippen LogP contribution in [0.4, 0.5) is 0 Å². The molecule has 236 valence electrons. The number of hydroxylamine groups is 2. The standard InChI is InChI=1S/C35H38NO8P/c37-28-36(44-27-32-19-11-4-12-20-32)23-34(42-25-30-15-7-2-8-16-30)35(43-26-31-17-9-3-10-18-31)33(21-22-45(38,39)40)41-24-29-13-5-1-6-14-29/h1-22,28,33-35H,23-27H2,(H2,38,39,40)/b22-21+/t33-,34-,35-/m1/s1. The number of hydrogen-bond acceptors (Lipinski definition) is 6. The minimum Gasteiger partial charge on any atom is -0.369 e. The van der Waals surface area contributed by atoms with Gasteiger partial charge in [-0.3, -0.25) is 14.2 Å². The summed E-state index contributed by atoms with van der Waals surface area (Å²) in [5.41, 5.74) is 3.49. The first-order valence-corrected chi connectivity index (χ1v) is 16.2. The van der Waals surface area contributed by atoms with Crippen LogP contribution in [0.5, 0.6) is 0 Å². The maximum atomic E-state index is 12.2. The molecular formula is C35H38NO8P. The number of carbonyl (C=O) groups is 1. The average Bonchev–Trinajstić information content (AvgIpc) is 3.07. The molecule has 10 heteroatoms. The minimum atomic E-state index is -4.55. The van der Waals surface area contributed by atoms with Gasteiger partial charge in [0.2, 0.25) is 6.41 Å². The molecular weight excluding hydrogens is 593 g/mol. The fraction of sp³-hybridized carbons (Fsp3) is 0.229. The molecule has 1 amide bonds. The SMILES string of the molecule is O=CN(C[C@@H](OCc1ccccc1)[C@H](OCc1ccccc1)[C@@H](/C=C/P(=O)(O)O)OCc1ccccc1)OCc1ccccc1. The van der Waals surface area contributed by atoms with Gasteiger partial charge in [0.25, 0.3) is 0 Å². The predicted molar refractivity (Wildman–Crippen MR) is 170 cm³/mol. The highest BCUT2D eigenvalue weighted by atomic mass is 31.2. The zero-order valence-corrected chi connectivity index (χ0v) is 25.7. The van der Waals surface area contributed by atoms with Gasteiger partial charge in [0, 0.05) is 5.82 Å². The molecule has 4 aromatic carbocycles. The number of ether oxygens (including phenoxy) is 3. The quantitative estimate of drug-likeness (QED) is 0.0734. The molecule has 0 bridgehead atoms. The molecule has 0 aliphatic heterocycles. The topological polar surface area (TPSA) is 115 Å². The molecule has 0 aromatic heterocycles. The van der Waals surface area contributed by atoms with Crippen molar-refractivity contribution < 1.29 is 38.2 Å². The molecule has 4 rings (SSSR count). The van der Waals surface area contributed by atoms with Crippen LogP contribution in [0.25, 0.3) is 0 Å². The molecule has 0 radical (unpaired) electrons. The van der Waals surface area contributed by atoms with Gasteiger partial charge in [0.1, 0.15) is 24.9 Å². The Morgan fingerprint density at radius 3 is 1.49 bits per heavy atom. The Bertz CT molecular complexity index is 1470. The van der Waals surface area contributed by atoms with Crippen molar-refractivity contribution >= 4 is 14.0 Å². The Hall–Kier alpha value is -3.92. The summed E-state index contributed by atoms with van der Waals surface area (Å²) in [6.45, 7) is 0.549. The van der Waals surface area contributed by atoms with Gasteiger partial charge in [0.15, 0.2) is 0 Å². The summed E-state index contributed by atoms with van der Waals surface area (Å²) < 4.78 is 31.1. The van der Waals surface area contributed by atoms with Crippen molar-refractivity contribution in [3.8, 4) is 0 Å². The molecule has 0 aliphatic rings. The van der Waals surface area contributed by atoms with E-state index in [0.717, 1.165) is 33.1 Å². The van der Waals surface area contributed by atoms with Crippen LogP contribution < -0.4 is 0 Å². The van der Waals surface area contributed by atoms with E-state index in [-0.39, 0.29) is 33.0 Å². The summed E-state index contributed by atoms with van der Waals surface area (Å²) in [5.74, 6) is 0.805. The third kappa shape index (κ3) is 12.5. The molecule has 0 fully saturated rings. The second-order valence-electron chi connectivity index (χ2n) is 10.3. The summed E-state index contributed by atoms with van der Waals surface area (Å²) in [6.07, 6.45) is -0.888. The van der Waals surface area contributed by atoms with E-state index in [9.17, 15) is 19.1 Å². The predicted octanol–water partition coefficient (Wildman–Crippen LogP) is 6.02. The molecule has 0 aliphatic carbocycles. The summed E-state index contributed by atoms with van der Waals surface area (Å²) in [7, 11) is -4.55. The molecule has 0 spiro atoms. The van der Waals surface area contributed by atoms with Crippen molar-refractivity contribution in [1.29, 1.82) is 0 Å². The van der Waals surface area contributed by atoms with Crippen LogP contribution in [-0.4, -0.2) is 46.1 Å². The van der Waals surface area contributed by atoms with Crippen molar-refractivity contribution in [2.24, 2.45) is 0 Å². The maximum absolute atomic E-state index is 12.2. The fourth-order valence-electron chi connectivity index (χ4n) is 4.47. The largest absolute Gasteiger partial charge is 0.369 e. The van der Waals surface area contributed by atoms with Crippen molar-refractivity contribution in [2.45, 2.75) is 44.7 Å². The first-order chi connectivity index (χ1) is 21.9. The van der Waals surface area contributed by atoms with E-state index >= 15 is 0 Å². The lowest BCUT2D eigenvalue weighted by molar-refractivity contribution is -0.205. The first-order valence-electron chi connectivity index (χ1n) is 14.5. The number of rotatable bonds is 19. The van der Waals surface area contributed by atoms with E-state index in [1.807, 2.05) is 121 Å². The lowest BCUT2D eigenvalue weighted by Crippen LogP contribution is -2.47. The Kier molecular flexibility index (Phi) is 13.7. The average molecular weight is 632 g/mol. The van der Waals surface area contributed by atoms with Crippen LogP contribution in [0.3, 0.4) is 0 Å². The van der Waals surface area contributed by atoms with Crippen molar-refractivity contribution in [3.05, 3.63) is 155 Å². The van der Waals surface area contributed by atoms with E-state index < -0.39 is 25.9 Å². The van der Waals surface area contributed by atoms with Crippen molar-refractivity contribution in [1.82, 2.24) is 5.06 Å². The van der Waals surface area contributed by atoms with E-state index in [1.54, 1.807) is 0 Å². The highest BCUT2D eigenvalue weighted by Crippen LogP contribution is 2.37. The number of carbonyl (C=O) groups excluding carboxylic acids is 1. The van der Waals surface area contributed by atoms with Gasteiger partial charge in [-0.05, 0) is 28.3 Å². The summed E-state index contributed by atoms with van der Waals surface area (Å²) in [5, 5.41) is 1.14. The molecule has 45 heavy (non-hydrogen) atoms. The van der Waals surface area contributed by atoms with Gasteiger partial charge >= 0.3 is 7.60 Å². The second-order valence-corrected chi connectivity index (χ2v) is 11.7. The molecule has 0 saturated carbocycles. The normalized spacial score (nSPS) is 13.7. The van der Waals surface area contributed by atoms with Crippen LogP contribution in [0.15, 0.2) is 133 Å². The number of nitrogens with zero attached hydrogens (tertiary/aromatic N) is 1. The Morgan fingerprint density at radius 1 is 0.622 bits per heavy atom. The minimum absolute atomic E-state index is 0.0580. The second kappa shape index (κ2) is 18.1. The zero-order valence-electron chi connectivity index (χ0n) is 24.8. The number of hydrogen-bond donors (Lipinski definition) is 2. The van der Waals surface area contributed by atoms with Crippen molar-refractivity contribution in [2.75, 3.05) is 6.54 Å². The summed E-state index contributed by atoms with van der Waals surface area (Å²) >= 11 is 0. The zero-order chi connectivity index (χ0) is 31.7. The molecule has 0 heterocycles. The van der Waals surface area contributed by atoms with E-state index in [2.05, 4.69) is 0 Å². The highest BCUT2D eigenvalue weighted by molar-refractivity contribution is 7.55. The van der Waals surface area contributed by atoms with Crippen LogP contribution in [0, 0.1) is 0 Å². The molecule has 0 unspecified atom stereocenters. The number of benzene rings is 4. The first kappa shape index (κ1) is 34.0. The Morgan fingerprint density at radius 2 is 1.04 bits per heavy atom. The van der Waals surface area contributed by atoms with E-state index in [0.29, 0.717) is 6.41 Å². The third-order valence-electron chi connectivity index (χ3n) is 6.75. The van der Waals surface area contributed by atoms with Gasteiger partial charge in [-0.2, -0.15) is 0 Å². The summed E-state index contributed by atoms with van der Waals surface area (Å²) in [4.78, 5) is 37.5. The van der Waals surface area contributed by atoms with Gasteiger partial charge in [-0.1, -0.05) is 121 Å². The van der Waals surface area contributed by atoms with E-state index in [4.69, 9.17) is 19.0 Å². The van der Waals surface area contributed by atoms with Gasteiger partial charge in [-0.15, -0.1) is 0 Å². The maximum Gasteiger partial charge on any atom is 0.348 e. The molecule has 0 saturated heterocycles. The lowest BCUT2D eigenvalue weighted by atomic mass is 10.1. The smallest absolute Gasteiger partial charge is 0.348 e. The van der Waals surface area contributed by atoms with Crippen LogP contribution in [0.1, 0.15) is 22.3 Å². The summed E-state index contributed by atoms with van der Waals surface area (Å²) in [6, 6.07) is 37.8. The van der Waals surface area contributed by atoms with Gasteiger partial charge < -0.3 is 24.0 Å². The fourth-order valence-corrected chi connectivity index (χ4v) is 4.86. The Balaban J connectivity index is 1.66. The monoisotopic (exact) mass is 631 g/mol. The van der Waals surface area contributed by atoms with Crippen molar-refractivity contribution in [3.63, 3.8) is 0 Å². The van der Waals surface area contributed by atoms with E-state index in [1.165, 1.54) is 6.08 Å². The van der Waals surface area contributed by atoms with Crippen LogP contribution >= 0.6 is 7.60 Å². The van der Waals surface area contributed by atoms with Crippen LogP contribution in [-0.2, 0) is 54.8 Å². The molecule has 3 atom stereocenters. The molecule has 9 nitrogen and oxygen atoms in total. The van der Waals surface area contributed by atoms with Crippen LogP contribution in [0.2, 0.25) is 0 Å². The Labute approximate surface area is 263 Å². The number of amides is 1.